The lowest BCUT2D eigenvalue weighted by atomic mass is 10.2. The van der Waals surface area contributed by atoms with E-state index in [0.717, 1.165) is 26.2 Å². The first-order valence-electron chi connectivity index (χ1n) is 6.68. The van der Waals surface area contributed by atoms with Gasteiger partial charge in [0.05, 0.1) is 0 Å². The van der Waals surface area contributed by atoms with Gasteiger partial charge in [-0.3, -0.25) is 4.90 Å². The highest BCUT2D eigenvalue weighted by Crippen LogP contribution is 2.16. The second-order valence-electron chi connectivity index (χ2n) is 4.88. The molecule has 128 valence electrons. The molecule has 0 radical (unpaired) electrons. The standard InChI is InChI=1S/C13H20FN3O2S.2ClH/c1-11-3-2-4-12(13(11)14)20(18,19)16-7-10-17-8-5-15-6-9-17;;/h2-4,15-16H,5-10H2,1H3;2*1H. The van der Waals surface area contributed by atoms with E-state index in [1.807, 2.05) is 0 Å². The van der Waals surface area contributed by atoms with E-state index in [2.05, 4.69) is 14.9 Å². The van der Waals surface area contributed by atoms with Crippen LogP contribution in [0, 0.1) is 12.7 Å². The highest BCUT2D eigenvalue weighted by molar-refractivity contribution is 7.89. The molecule has 1 aliphatic heterocycles. The molecular formula is C13H22Cl2FN3O2S. The van der Waals surface area contributed by atoms with Gasteiger partial charge in [0, 0.05) is 39.3 Å². The van der Waals surface area contributed by atoms with E-state index in [1.54, 1.807) is 19.1 Å². The van der Waals surface area contributed by atoms with E-state index < -0.39 is 15.8 Å². The number of hydrogen-bond donors (Lipinski definition) is 2. The molecule has 1 aromatic rings. The fourth-order valence-corrected chi connectivity index (χ4v) is 3.35. The predicted molar refractivity (Wildman–Crippen MR) is 90.1 cm³/mol. The Balaban J connectivity index is 0.00000220. The Morgan fingerprint density at radius 1 is 1.27 bits per heavy atom. The zero-order valence-electron chi connectivity index (χ0n) is 12.3. The van der Waals surface area contributed by atoms with Crippen molar-refractivity contribution in [3.8, 4) is 0 Å². The molecule has 0 bridgehead atoms. The molecule has 22 heavy (non-hydrogen) atoms. The third-order valence-corrected chi connectivity index (χ3v) is 4.85. The van der Waals surface area contributed by atoms with Crippen molar-refractivity contribution in [3.63, 3.8) is 0 Å². The molecule has 0 unspecified atom stereocenters. The number of hydrogen-bond acceptors (Lipinski definition) is 4. The van der Waals surface area contributed by atoms with Gasteiger partial charge in [-0.25, -0.2) is 17.5 Å². The molecule has 0 saturated carbocycles. The van der Waals surface area contributed by atoms with E-state index in [4.69, 9.17) is 0 Å². The Kier molecular flexibility index (Phi) is 9.45. The maximum absolute atomic E-state index is 13.8. The van der Waals surface area contributed by atoms with Crippen LogP contribution in [-0.2, 0) is 10.0 Å². The smallest absolute Gasteiger partial charge is 0.243 e. The summed E-state index contributed by atoms with van der Waals surface area (Å²) in [6.45, 7) is 6.11. The summed E-state index contributed by atoms with van der Waals surface area (Å²) >= 11 is 0. The number of sulfonamides is 1. The summed E-state index contributed by atoms with van der Waals surface area (Å²) in [7, 11) is -3.78. The molecular weight excluding hydrogens is 352 g/mol. The third-order valence-electron chi connectivity index (χ3n) is 3.38. The Morgan fingerprint density at radius 3 is 2.55 bits per heavy atom. The van der Waals surface area contributed by atoms with E-state index in [1.165, 1.54) is 6.07 Å². The average Bonchev–Trinajstić information content (AvgIpc) is 2.42. The van der Waals surface area contributed by atoms with Crippen molar-refractivity contribution in [2.75, 3.05) is 39.3 Å². The average molecular weight is 374 g/mol. The summed E-state index contributed by atoms with van der Waals surface area (Å²) in [5.74, 6) is -0.679. The van der Waals surface area contributed by atoms with Crippen LogP contribution in [0.1, 0.15) is 5.56 Å². The van der Waals surface area contributed by atoms with Crippen LogP contribution in [0.15, 0.2) is 23.1 Å². The Hall–Kier alpha value is -0.440. The fourth-order valence-electron chi connectivity index (χ4n) is 2.18. The van der Waals surface area contributed by atoms with E-state index in [9.17, 15) is 12.8 Å². The topological polar surface area (TPSA) is 61.4 Å². The van der Waals surface area contributed by atoms with Crippen molar-refractivity contribution in [2.45, 2.75) is 11.8 Å². The molecule has 1 heterocycles. The van der Waals surface area contributed by atoms with Crippen molar-refractivity contribution < 1.29 is 12.8 Å². The number of nitrogens with one attached hydrogen (secondary N) is 2. The van der Waals surface area contributed by atoms with Crippen LogP contribution in [0.4, 0.5) is 4.39 Å². The highest BCUT2D eigenvalue weighted by Gasteiger charge is 2.20. The number of halogens is 3. The second kappa shape index (κ2) is 9.64. The van der Waals surface area contributed by atoms with Crippen LogP contribution >= 0.6 is 24.8 Å². The molecule has 0 atom stereocenters. The summed E-state index contributed by atoms with van der Waals surface area (Å²) in [6, 6.07) is 4.38. The lowest BCUT2D eigenvalue weighted by Crippen LogP contribution is -2.46. The minimum atomic E-state index is -3.78. The van der Waals surface area contributed by atoms with E-state index in [0.29, 0.717) is 12.1 Å². The monoisotopic (exact) mass is 373 g/mol. The lowest BCUT2D eigenvalue weighted by Gasteiger charge is -2.27. The molecule has 0 aromatic heterocycles. The minimum absolute atomic E-state index is 0. The first kappa shape index (κ1) is 21.6. The van der Waals surface area contributed by atoms with Gasteiger partial charge < -0.3 is 5.32 Å². The second-order valence-corrected chi connectivity index (χ2v) is 6.61. The van der Waals surface area contributed by atoms with Crippen LogP contribution in [0.2, 0.25) is 0 Å². The van der Waals surface area contributed by atoms with Crippen LogP contribution in [0.5, 0.6) is 0 Å². The molecule has 2 rings (SSSR count). The fraction of sp³-hybridized carbons (Fsp3) is 0.538. The zero-order chi connectivity index (χ0) is 14.6. The van der Waals surface area contributed by atoms with Gasteiger partial charge in [0.15, 0.2) is 0 Å². The van der Waals surface area contributed by atoms with Gasteiger partial charge in [0.2, 0.25) is 10.0 Å². The van der Waals surface area contributed by atoms with Crippen molar-refractivity contribution >= 4 is 34.8 Å². The summed E-state index contributed by atoms with van der Waals surface area (Å²) in [5.41, 5.74) is 0.329. The Labute approximate surface area is 143 Å². The summed E-state index contributed by atoms with van der Waals surface area (Å²) < 4.78 is 40.4. The van der Waals surface area contributed by atoms with Gasteiger partial charge in [-0.2, -0.15) is 0 Å². The molecule has 1 fully saturated rings. The predicted octanol–water partition coefficient (Wildman–Crippen LogP) is 1.16. The molecule has 1 aromatic carbocycles. The molecule has 0 spiro atoms. The van der Waals surface area contributed by atoms with Gasteiger partial charge in [0.1, 0.15) is 10.7 Å². The number of rotatable bonds is 5. The number of piperazine rings is 1. The van der Waals surface area contributed by atoms with E-state index >= 15 is 0 Å². The molecule has 5 nitrogen and oxygen atoms in total. The molecule has 2 N–H and O–H groups in total. The molecule has 0 amide bonds. The summed E-state index contributed by atoms with van der Waals surface area (Å²) in [5, 5.41) is 3.23. The quantitative estimate of drug-likeness (QED) is 0.812. The Bertz CT molecular complexity index is 566. The van der Waals surface area contributed by atoms with Crippen molar-refractivity contribution in [1.82, 2.24) is 14.9 Å². The zero-order valence-corrected chi connectivity index (χ0v) is 14.8. The van der Waals surface area contributed by atoms with Crippen LogP contribution < -0.4 is 10.0 Å². The maximum Gasteiger partial charge on any atom is 0.243 e. The highest BCUT2D eigenvalue weighted by atomic mass is 35.5. The number of nitrogens with zero attached hydrogens (tertiary/aromatic N) is 1. The van der Waals surface area contributed by atoms with Gasteiger partial charge >= 0.3 is 0 Å². The van der Waals surface area contributed by atoms with E-state index in [-0.39, 0.29) is 36.3 Å². The molecule has 1 saturated heterocycles. The number of benzene rings is 1. The minimum Gasteiger partial charge on any atom is -0.314 e. The van der Waals surface area contributed by atoms with Gasteiger partial charge in [-0.1, -0.05) is 12.1 Å². The SMILES string of the molecule is Cc1cccc(S(=O)(=O)NCCN2CCNCC2)c1F.Cl.Cl. The largest absolute Gasteiger partial charge is 0.314 e. The third kappa shape index (κ3) is 5.64. The molecule has 1 aliphatic rings. The van der Waals surface area contributed by atoms with Gasteiger partial charge in [-0.15, -0.1) is 24.8 Å². The van der Waals surface area contributed by atoms with Crippen LogP contribution in [-0.4, -0.2) is 52.6 Å². The van der Waals surface area contributed by atoms with Crippen LogP contribution in [0.25, 0.3) is 0 Å². The Morgan fingerprint density at radius 2 is 1.91 bits per heavy atom. The maximum atomic E-state index is 13.8. The summed E-state index contributed by atoms with van der Waals surface area (Å²) in [6.07, 6.45) is 0. The molecule has 0 aliphatic carbocycles. The molecule has 9 heteroatoms. The lowest BCUT2D eigenvalue weighted by molar-refractivity contribution is 0.245. The van der Waals surface area contributed by atoms with Crippen LogP contribution in [0.3, 0.4) is 0 Å². The first-order chi connectivity index (χ1) is 9.50. The van der Waals surface area contributed by atoms with Crippen molar-refractivity contribution in [3.05, 3.63) is 29.6 Å². The summed E-state index contributed by atoms with van der Waals surface area (Å²) in [4.78, 5) is 1.89. The number of aryl methyl sites for hydroxylation is 1. The van der Waals surface area contributed by atoms with Crippen molar-refractivity contribution in [1.29, 1.82) is 0 Å². The van der Waals surface area contributed by atoms with Gasteiger partial charge in [-0.05, 0) is 18.6 Å². The van der Waals surface area contributed by atoms with Gasteiger partial charge in [0.25, 0.3) is 0 Å². The normalized spacial score (nSPS) is 15.7. The first-order valence-corrected chi connectivity index (χ1v) is 8.17. The van der Waals surface area contributed by atoms with Crippen molar-refractivity contribution in [2.24, 2.45) is 0 Å².